The average molecular weight is 454 g/mol. The molecule has 0 spiro atoms. The fourth-order valence-corrected chi connectivity index (χ4v) is 3.24. The molecule has 0 amide bonds. The molecule has 0 saturated heterocycles. The van der Waals surface area contributed by atoms with Crippen molar-refractivity contribution in [3.05, 3.63) is 52.1 Å². The van der Waals surface area contributed by atoms with Crippen molar-refractivity contribution in [1.29, 1.82) is 0 Å². The molecular formula is C21H22N6O6. The lowest BCUT2D eigenvalue weighted by molar-refractivity contribution is -0.142. The first kappa shape index (κ1) is 23.3. The number of carboxylic acid groups (broad SMARTS) is 2. The van der Waals surface area contributed by atoms with Gasteiger partial charge in [0.15, 0.2) is 16.9 Å². The van der Waals surface area contributed by atoms with Crippen LogP contribution in [0.15, 0.2) is 35.3 Å². The summed E-state index contributed by atoms with van der Waals surface area (Å²) in [6, 6.07) is 6.55. The second-order valence-corrected chi connectivity index (χ2v) is 7.48. The van der Waals surface area contributed by atoms with Gasteiger partial charge < -0.3 is 20.8 Å². The van der Waals surface area contributed by atoms with E-state index in [0.717, 1.165) is 5.69 Å². The van der Waals surface area contributed by atoms with Crippen molar-refractivity contribution in [2.75, 3.05) is 17.7 Å². The minimum absolute atomic E-state index is 0.0436. The van der Waals surface area contributed by atoms with Gasteiger partial charge in [-0.15, -0.1) is 0 Å². The normalized spacial score (nSPS) is 11.8. The molecule has 3 rings (SSSR count). The third kappa shape index (κ3) is 5.87. The Bertz CT molecular complexity index is 1260. The average Bonchev–Trinajstić information content (AvgIpc) is 2.76. The molecule has 172 valence electrons. The SMILES string of the molecule is CN(Cc1cnc2nc(N)[nH]c(=O)c2n1)c1ccc(C(=O)C[C@@H](CCC(=O)O)C(=O)O)cc1. The van der Waals surface area contributed by atoms with E-state index >= 15 is 0 Å². The van der Waals surface area contributed by atoms with Crippen LogP contribution >= 0.6 is 0 Å². The molecule has 0 aliphatic carbocycles. The first-order valence-electron chi connectivity index (χ1n) is 9.94. The van der Waals surface area contributed by atoms with Crippen LogP contribution in [0, 0.1) is 5.92 Å². The van der Waals surface area contributed by atoms with Gasteiger partial charge in [-0.2, -0.15) is 4.98 Å². The Hall–Kier alpha value is -4.35. The summed E-state index contributed by atoms with van der Waals surface area (Å²) in [5.74, 6) is -3.79. The highest BCUT2D eigenvalue weighted by Gasteiger charge is 2.23. The second kappa shape index (κ2) is 9.85. The number of aliphatic carboxylic acids is 2. The van der Waals surface area contributed by atoms with Crippen molar-refractivity contribution in [2.24, 2.45) is 5.92 Å². The summed E-state index contributed by atoms with van der Waals surface area (Å²) in [6.07, 6.45) is 0.777. The van der Waals surface area contributed by atoms with E-state index in [0.29, 0.717) is 17.8 Å². The number of carbonyl (C=O) groups excluding carboxylic acids is 1. The predicted octanol–water partition coefficient (Wildman–Crippen LogP) is 1.07. The monoisotopic (exact) mass is 454 g/mol. The number of anilines is 2. The van der Waals surface area contributed by atoms with E-state index in [2.05, 4.69) is 19.9 Å². The molecule has 12 nitrogen and oxygen atoms in total. The Morgan fingerprint density at radius 2 is 1.85 bits per heavy atom. The number of ketones is 1. The van der Waals surface area contributed by atoms with Crippen LogP contribution in [0.5, 0.6) is 0 Å². The largest absolute Gasteiger partial charge is 0.481 e. The number of fused-ring (bicyclic) bond motifs is 1. The standard InChI is InChI=1S/C21H22N6O6/c1-27(10-13-9-23-18-17(24-13)19(31)26-21(22)25-18)14-5-2-11(3-6-14)15(28)8-12(20(32)33)4-7-16(29)30/h2-3,5-6,9,12H,4,7-8,10H2,1H3,(H,29,30)(H,32,33)(H3,22,23,25,26,31)/t12-/m1/s1. The number of Topliss-reactive ketones (excluding diaryl/α,β-unsaturated/α-hetero) is 1. The van der Waals surface area contributed by atoms with E-state index in [4.69, 9.17) is 10.8 Å². The lowest BCUT2D eigenvalue weighted by Gasteiger charge is -2.19. The van der Waals surface area contributed by atoms with Gasteiger partial charge in [0.25, 0.3) is 5.56 Å². The minimum atomic E-state index is -1.20. The van der Waals surface area contributed by atoms with Gasteiger partial charge in [0.1, 0.15) is 0 Å². The van der Waals surface area contributed by atoms with Crippen molar-refractivity contribution >= 4 is 40.5 Å². The van der Waals surface area contributed by atoms with Crippen LogP contribution in [0.25, 0.3) is 11.2 Å². The first-order valence-corrected chi connectivity index (χ1v) is 9.94. The molecule has 0 aliphatic rings. The Morgan fingerprint density at radius 1 is 1.15 bits per heavy atom. The van der Waals surface area contributed by atoms with Crippen LogP contribution in [-0.4, -0.2) is 54.9 Å². The lowest BCUT2D eigenvalue weighted by Crippen LogP contribution is -2.20. The highest BCUT2D eigenvalue weighted by atomic mass is 16.4. The van der Waals surface area contributed by atoms with Gasteiger partial charge in [0.05, 0.1) is 24.4 Å². The number of aromatic amines is 1. The molecule has 0 aliphatic heterocycles. The first-order chi connectivity index (χ1) is 15.6. The van der Waals surface area contributed by atoms with Crippen LogP contribution in [0.2, 0.25) is 0 Å². The summed E-state index contributed by atoms with van der Waals surface area (Å²) < 4.78 is 0. The lowest BCUT2D eigenvalue weighted by atomic mass is 9.94. The van der Waals surface area contributed by atoms with Crippen molar-refractivity contribution < 1.29 is 24.6 Å². The number of hydrogen-bond donors (Lipinski definition) is 4. The maximum atomic E-state index is 12.5. The summed E-state index contributed by atoms with van der Waals surface area (Å²) >= 11 is 0. The zero-order valence-electron chi connectivity index (χ0n) is 17.7. The molecule has 5 N–H and O–H groups in total. The molecule has 0 radical (unpaired) electrons. The molecule has 0 fully saturated rings. The number of nitrogens with zero attached hydrogens (tertiary/aromatic N) is 4. The number of carboxylic acids is 2. The zero-order chi connectivity index (χ0) is 24.1. The molecular weight excluding hydrogens is 432 g/mol. The second-order valence-electron chi connectivity index (χ2n) is 7.48. The minimum Gasteiger partial charge on any atom is -0.481 e. The van der Waals surface area contributed by atoms with Crippen LogP contribution in [0.4, 0.5) is 11.6 Å². The van der Waals surface area contributed by atoms with E-state index in [1.165, 1.54) is 6.20 Å². The van der Waals surface area contributed by atoms with Gasteiger partial charge in [-0.1, -0.05) is 0 Å². The van der Waals surface area contributed by atoms with Gasteiger partial charge in [-0.05, 0) is 30.7 Å². The molecule has 0 bridgehead atoms. The van der Waals surface area contributed by atoms with E-state index in [1.54, 1.807) is 31.3 Å². The van der Waals surface area contributed by atoms with Crippen molar-refractivity contribution in [3.8, 4) is 0 Å². The Labute approximate surface area is 187 Å². The van der Waals surface area contributed by atoms with Crippen molar-refractivity contribution in [2.45, 2.75) is 25.8 Å². The van der Waals surface area contributed by atoms with Crippen LogP contribution in [0.3, 0.4) is 0 Å². The predicted molar refractivity (Wildman–Crippen MR) is 118 cm³/mol. The molecule has 1 aromatic carbocycles. The Morgan fingerprint density at radius 3 is 2.48 bits per heavy atom. The van der Waals surface area contributed by atoms with Crippen molar-refractivity contribution in [1.82, 2.24) is 19.9 Å². The number of H-pyrrole nitrogens is 1. The van der Waals surface area contributed by atoms with E-state index in [9.17, 15) is 24.3 Å². The highest BCUT2D eigenvalue weighted by Crippen LogP contribution is 2.20. The van der Waals surface area contributed by atoms with Gasteiger partial charge in [-0.3, -0.25) is 24.2 Å². The molecule has 2 aromatic heterocycles. The summed E-state index contributed by atoms with van der Waals surface area (Å²) in [6.45, 7) is 0.316. The Balaban J connectivity index is 1.68. The number of hydrogen-bond acceptors (Lipinski definition) is 9. The number of nitrogens with one attached hydrogen (secondary N) is 1. The molecule has 2 heterocycles. The quantitative estimate of drug-likeness (QED) is 0.320. The van der Waals surface area contributed by atoms with E-state index in [-0.39, 0.29) is 42.2 Å². The topological polar surface area (TPSA) is 192 Å². The van der Waals surface area contributed by atoms with Gasteiger partial charge >= 0.3 is 11.9 Å². The third-order valence-electron chi connectivity index (χ3n) is 5.00. The number of benzene rings is 1. The fraction of sp³-hybridized carbons (Fsp3) is 0.286. The van der Waals surface area contributed by atoms with Crippen LogP contribution in [0.1, 0.15) is 35.3 Å². The number of nitrogen functional groups attached to an aromatic ring is 1. The maximum Gasteiger partial charge on any atom is 0.306 e. The summed E-state index contributed by atoms with van der Waals surface area (Å²) in [7, 11) is 1.79. The summed E-state index contributed by atoms with van der Waals surface area (Å²) in [5, 5.41) is 18.0. The third-order valence-corrected chi connectivity index (χ3v) is 5.00. The van der Waals surface area contributed by atoms with Gasteiger partial charge in [0.2, 0.25) is 5.95 Å². The summed E-state index contributed by atoms with van der Waals surface area (Å²) in [5.41, 5.74) is 6.83. The number of nitrogens with two attached hydrogens (primary N) is 1. The number of carbonyl (C=O) groups is 3. The maximum absolute atomic E-state index is 12.5. The number of rotatable bonds is 10. The molecule has 0 saturated carbocycles. The van der Waals surface area contributed by atoms with Crippen molar-refractivity contribution in [3.63, 3.8) is 0 Å². The molecule has 3 aromatic rings. The van der Waals surface area contributed by atoms with E-state index in [1.807, 2.05) is 4.90 Å². The van der Waals surface area contributed by atoms with Crippen LogP contribution in [-0.2, 0) is 16.1 Å². The molecule has 0 unspecified atom stereocenters. The summed E-state index contributed by atoms with van der Waals surface area (Å²) in [4.78, 5) is 63.0. The smallest absolute Gasteiger partial charge is 0.306 e. The molecule has 33 heavy (non-hydrogen) atoms. The highest BCUT2D eigenvalue weighted by molar-refractivity contribution is 5.98. The molecule has 1 atom stereocenters. The zero-order valence-corrected chi connectivity index (χ0v) is 17.7. The fourth-order valence-electron chi connectivity index (χ4n) is 3.24. The molecule has 12 heteroatoms. The Kier molecular flexibility index (Phi) is 6.96. The van der Waals surface area contributed by atoms with Gasteiger partial charge in [0, 0.05) is 31.1 Å². The van der Waals surface area contributed by atoms with Gasteiger partial charge in [-0.25, -0.2) is 9.97 Å². The number of aromatic nitrogens is 4. The van der Waals surface area contributed by atoms with E-state index < -0.39 is 23.4 Å². The van der Waals surface area contributed by atoms with Crippen LogP contribution < -0.4 is 16.2 Å².